The highest BCUT2D eigenvalue weighted by Gasteiger charge is 2.26. The first-order chi connectivity index (χ1) is 17.8. The third-order valence-electron chi connectivity index (χ3n) is 6.96. The molecule has 2 aromatic rings. The summed E-state index contributed by atoms with van der Waals surface area (Å²) in [7, 11) is 0. The van der Waals surface area contributed by atoms with Crippen LogP contribution in [-0.2, 0) is 9.59 Å². The Bertz CT molecular complexity index is 1160. The minimum atomic E-state index is -0.719. The lowest BCUT2D eigenvalue weighted by Gasteiger charge is -2.34. The number of carbonyl (C=O) groups excluding carboxylic acids is 1. The van der Waals surface area contributed by atoms with E-state index < -0.39 is 5.97 Å². The Morgan fingerprint density at radius 3 is 2.35 bits per heavy atom. The van der Waals surface area contributed by atoms with Crippen LogP contribution < -0.4 is 4.90 Å². The van der Waals surface area contributed by atoms with Crippen molar-refractivity contribution in [3.63, 3.8) is 0 Å². The lowest BCUT2D eigenvalue weighted by molar-refractivity contribution is -0.142. The van der Waals surface area contributed by atoms with E-state index in [1.165, 1.54) is 11.8 Å². The summed E-state index contributed by atoms with van der Waals surface area (Å²) in [6, 6.07) is 11.7. The molecule has 0 radical (unpaired) electrons. The van der Waals surface area contributed by atoms with Gasteiger partial charge in [-0.05, 0) is 37.1 Å². The van der Waals surface area contributed by atoms with Crippen molar-refractivity contribution in [2.75, 3.05) is 57.3 Å². The fourth-order valence-electron chi connectivity index (χ4n) is 4.72. The van der Waals surface area contributed by atoms with Gasteiger partial charge in [0.05, 0.1) is 22.6 Å². The number of nitrogens with zero attached hydrogens (tertiary/aromatic N) is 3. The summed E-state index contributed by atoms with van der Waals surface area (Å²) in [5.41, 5.74) is 1.88. The van der Waals surface area contributed by atoms with Crippen molar-refractivity contribution in [3.8, 4) is 0 Å². The molecular weight excluding hydrogens is 533 g/mol. The second-order valence-electron chi connectivity index (χ2n) is 9.27. The highest BCUT2D eigenvalue weighted by atomic mass is 35.5. The molecule has 2 saturated heterocycles. The van der Waals surface area contributed by atoms with Gasteiger partial charge >= 0.3 is 5.97 Å². The van der Waals surface area contributed by atoms with Crippen LogP contribution in [0.4, 0.5) is 5.69 Å². The first kappa shape index (κ1) is 27.8. The van der Waals surface area contributed by atoms with E-state index in [0.717, 1.165) is 15.5 Å². The molecule has 0 bridgehead atoms. The Hall–Kier alpha value is -2.23. The van der Waals surface area contributed by atoms with Gasteiger partial charge in [0.15, 0.2) is 0 Å². The number of carboxylic acid groups (broad SMARTS) is 1. The Balaban J connectivity index is 1.42. The van der Waals surface area contributed by atoms with Gasteiger partial charge in [-0.25, -0.2) is 0 Å². The largest absolute Gasteiger partial charge is 0.481 e. The predicted molar refractivity (Wildman–Crippen MR) is 149 cm³/mol. The second kappa shape index (κ2) is 12.5. The number of aliphatic carboxylic acids is 1. The van der Waals surface area contributed by atoms with Crippen molar-refractivity contribution in [1.82, 2.24) is 9.80 Å². The van der Waals surface area contributed by atoms with Gasteiger partial charge in [0, 0.05) is 72.4 Å². The van der Waals surface area contributed by atoms with Crippen LogP contribution in [0.15, 0.2) is 52.8 Å². The first-order valence-electron chi connectivity index (χ1n) is 12.3. The van der Waals surface area contributed by atoms with E-state index in [1.54, 1.807) is 11.0 Å². The number of carboxylic acids is 1. The minimum absolute atomic E-state index is 0.106. The zero-order chi connectivity index (χ0) is 26.5. The van der Waals surface area contributed by atoms with E-state index >= 15 is 0 Å². The number of piperazine rings is 1. The van der Waals surface area contributed by atoms with Crippen LogP contribution in [0.3, 0.4) is 0 Å². The molecule has 0 spiro atoms. The molecule has 2 aliphatic rings. The third-order valence-corrected chi connectivity index (χ3v) is 9.00. The van der Waals surface area contributed by atoms with E-state index in [-0.39, 0.29) is 18.4 Å². The summed E-state index contributed by atoms with van der Waals surface area (Å²) in [5.74, 6) is -1.16. The predicted octanol–water partition coefficient (Wildman–Crippen LogP) is 4.60. The summed E-state index contributed by atoms with van der Waals surface area (Å²) in [6.45, 7) is 8.70. The molecule has 0 saturated carbocycles. The summed E-state index contributed by atoms with van der Waals surface area (Å²) in [6.07, 6.45) is 1.27. The van der Waals surface area contributed by atoms with E-state index in [4.69, 9.17) is 28.3 Å². The highest BCUT2D eigenvalue weighted by molar-refractivity contribution is 7.99. The molecule has 10 heteroatoms. The van der Waals surface area contributed by atoms with Gasteiger partial charge in [0.2, 0.25) is 0 Å². The fourth-order valence-corrected chi connectivity index (χ4v) is 6.24. The van der Waals surface area contributed by atoms with Gasteiger partial charge in [-0.3, -0.25) is 14.5 Å². The molecule has 2 aliphatic heterocycles. The van der Waals surface area contributed by atoms with Crippen LogP contribution in [0.1, 0.15) is 18.4 Å². The molecule has 4 rings (SSSR count). The number of rotatable bonds is 8. The number of hydrogen-bond acceptors (Lipinski definition) is 6. The number of amides is 1. The van der Waals surface area contributed by atoms with Gasteiger partial charge in [-0.2, -0.15) is 0 Å². The molecule has 0 unspecified atom stereocenters. The molecular formula is C27H31Cl2N3O4S. The standard InChI is InChI=1S/C27H31Cl2N3O4S/c1-18(26(34)32-13-11-30(12-14-32)15-16-33)22-5-6-23(25(29)24(22)28)37-21-4-2-3-20(17-21)31-9-7-19(8-10-31)27(35)36/h2-6,17,19,33H,1,7-16H2,(H,35,36). The Morgan fingerprint density at radius 1 is 1.00 bits per heavy atom. The topological polar surface area (TPSA) is 84.3 Å². The molecule has 2 aromatic carbocycles. The Morgan fingerprint density at radius 2 is 1.70 bits per heavy atom. The quantitative estimate of drug-likeness (QED) is 0.454. The van der Waals surface area contributed by atoms with Crippen molar-refractivity contribution in [2.24, 2.45) is 5.92 Å². The lowest BCUT2D eigenvalue weighted by Crippen LogP contribution is -2.49. The normalized spacial score (nSPS) is 17.2. The van der Waals surface area contributed by atoms with Crippen LogP contribution in [-0.4, -0.2) is 84.3 Å². The number of β-amino-alcohol motifs (C(OH)–C–C–N with tert-alkyl or cyclic N) is 1. The number of hydrogen-bond donors (Lipinski definition) is 2. The van der Waals surface area contributed by atoms with E-state index in [1.807, 2.05) is 24.3 Å². The number of anilines is 1. The number of aliphatic hydroxyl groups excluding tert-OH is 1. The van der Waals surface area contributed by atoms with Crippen molar-refractivity contribution < 1.29 is 19.8 Å². The third kappa shape index (κ3) is 6.62. The van der Waals surface area contributed by atoms with Crippen molar-refractivity contribution in [3.05, 3.63) is 58.6 Å². The van der Waals surface area contributed by atoms with Gasteiger partial charge in [-0.15, -0.1) is 0 Å². The first-order valence-corrected chi connectivity index (χ1v) is 13.9. The van der Waals surface area contributed by atoms with Crippen molar-refractivity contribution >= 4 is 58.1 Å². The molecule has 2 N–H and O–H groups in total. The summed E-state index contributed by atoms with van der Waals surface area (Å²) >= 11 is 14.8. The molecule has 2 heterocycles. The van der Waals surface area contributed by atoms with Gasteiger partial charge in [-0.1, -0.05) is 53.7 Å². The monoisotopic (exact) mass is 563 g/mol. The van der Waals surface area contributed by atoms with Crippen molar-refractivity contribution in [1.29, 1.82) is 0 Å². The molecule has 0 aliphatic carbocycles. The maximum absolute atomic E-state index is 13.1. The second-order valence-corrected chi connectivity index (χ2v) is 11.1. The molecule has 0 atom stereocenters. The molecule has 37 heavy (non-hydrogen) atoms. The number of halogens is 2. The summed E-state index contributed by atoms with van der Waals surface area (Å²) in [5, 5.41) is 19.0. The smallest absolute Gasteiger partial charge is 0.306 e. The highest BCUT2D eigenvalue weighted by Crippen LogP contribution is 2.41. The number of aliphatic hydroxyl groups is 1. The zero-order valence-electron chi connectivity index (χ0n) is 20.5. The Labute approximate surface area is 231 Å². The van der Waals surface area contributed by atoms with Gasteiger partial charge in [0.25, 0.3) is 5.91 Å². The lowest BCUT2D eigenvalue weighted by atomic mass is 9.97. The van der Waals surface area contributed by atoms with Gasteiger partial charge < -0.3 is 20.0 Å². The fraction of sp³-hybridized carbons (Fsp3) is 0.407. The summed E-state index contributed by atoms with van der Waals surface area (Å²) < 4.78 is 0. The molecule has 198 valence electrons. The molecule has 1 amide bonds. The van der Waals surface area contributed by atoms with E-state index in [0.29, 0.717) is 79.8 Å². The molecule has 2 fully saturated rings. The number of benzene rings is 2. The maximum Gasteiger partial charge on any atom is 0.306 e. The maximum atomic E-state index is 13.1. The van der Waals surface area contributed by atoms with E-state index in [2.05, 4.69) is 22.4 Å². The zero-order valence-corrected chi connectivity index (χ0v) is 22.9. The van der Waals surface area contributed by atoms with Crippen LogP contribution >= 0.6 is 35.0 Å². The average Bonchev–Trinajstić information content (AvgIpc) is 2.91. The number of carbonyl (C=O) groups is 2. The van der Waals surface area contributed by atoms with Gasteiger partial charge in [0.1, 0.15) is 0 Å². The van der Waals surface area contributed by atoms with Crippen LogP contribution in [0.5, 0.6) is 0 Å². The SMILES string of the molecule is C=C(C(=O)N1CCN(CCO)CC1)c1ccc(Sc2cccc(N3CCC(C(=O)O)CC3)c2)c(Cl)c1Cl. The average molecular weight is 565 g/mol. The van der Waals surface area contributed by atoms with Crippen LogP contribution in [0.25, 0.3) is 5.57 Å². The van der Waals surface area contributed by atoms with Crippen LogP contribution in [0.2, 0.25) is 10.0 Å². The Kier molecular flexibility index (Phi) is 9.42. The number of piperidine rings is 1. The van der Waals surface area contributed by atoms with E-state index in [9.17, 15) is 14.7 Å². The van der Waals surface area contributed by atoms with Crippen LogP contribution in [0, 0.1) is 5.92 Å². The molecule has 0 aromatic heterocycles. The van der Waals surface area contributed by atoms with Crippen molar-refractivity contribution in [2.45, 2.75) is 22.6 Å². The summed E-state index contributed by atoms with van der Waals surface area (Å²) in [4.78, 5) is 32.2. The minimum Gasteiger partial charge on any atom is -0.481 e. The molecule has 7 nitrogen and oxygen atoms in total.